The SMILES string of the molecule is CC1CC(C(=O)O)CN(C(=O)C2CCCCO2)C1. The summed E-state index contributed by atoms with van der Waals surface area (Å²) in [4.78, 5) is 25.0. The summed E-state index contributed by atoms with van der Waals surface area (Å²) in [5.41, 5.74) is 0. The van der Waals surface area contributed by atoms with Crippen LogP contribution in [0, 0.1) is 11.8 Å². The number of nitrogens with zero attached hydrogens (tertiary/aromatic N) is 1. The fourth-order valence-corrected chi connectivity index (χ4v) is 2.85. The molecular formula is C13H21NO4. The average Bonchev–Trinajstić information content (AvgIpc) is 2.38. The molecule has 2 saturated heterocycles. The zero-order valence-electron chi connectivity index (χ0n) is 10.8. The molecule has 0 bridgehead atoms. The number of aliphatic carboxylic acids is 1. The fraction of sp³-hybridized carbons (Fsp3) is 0.846. The van der Waals surface area contributed by atoms with Gasteiger partial charge in [0.15, 0.2) is 0 Å². The summed E-state index contributed by atoms with van der Waals surface area (Å²) >= 11 is 0. The third-order valence-corrected chi connectivity index (χ3v) is 3.78. The second kappa shape index (κ2) is 5.69. The van der Waals surface area contributed by atoms with Gasteiger partial charge in [0.05, 0.1) is 5.92 Å². The lowest BCUT2D eigenvalue weighted by Crippen LogP contribution is -2.50. The molecular weight excluding hydrogens is 234 g/mol. The number of likely N-dealkylation sites (tertiary alicyclic amines) is 1. The van der Waals surface area contributed by atoms with E-state index in [1.54, 1.807) is 4.90 Å². The van der Waals surface area contributed by atoms with Crippen LogP contribution in [0.3, 0.4) is 0 Å². The molecule has 2 aliphatic heterocycles. The zero-order valence-corrected chi connectivity index (χ0v) is 10.8. The molecule has 0 saturated carbocycles. The topological polar surface area (TPSA) is 66.8 Å². The molecule has 0 aromatic carbocycles. The number of carbonyl (C=O) groups is 2. The molecule has 1 amide bonds. The third kappa shape index (κ3) is 3.02. The van der Waals surface area contributed by atoms with Crippen LogP contribution < -0.4 is 0 Å². The lowest BCUT2D eigenvalue weighted by molar-refractivity contribution is -0.153. The molecule has 0 aromatic rings. The summed E-state index contributed by atoms with van der Waals surface area (Å²) in [6.45, 7) is 3.63. The van der Waals surface area contributed by atoms with Crippen molar-refractivity contribution in [2.75, 3.05) is 19.7 Å². The van der Waals surface area contributed by atoms with Gasteiger partial charge in [-0.3, -0.25) is 9.59 Å². The van der Waals surface area contributed by atoms with Crippen molar-refractivity contribution < 1.29 is 19.4 Å². The van der Waals surface area contributed by atoms with Gasteiger partial charge in [-0.25, -0.2) is 0 Å². The Hall–Kier alpha value is -1.10. The lowest BCUT2D eigenvalue weighted by Gasteiger charge is -2.37. The quantitative estimate of drug-likeness (QED) is 0.803. The summed E-state index contributed by atoms with van der Waals surface area (Å²) in [7, 11) is 0. The molecule has 2 aliphatic rings. The monoisotopic (exact) mass is 255 g/mol. The highest BCUT2D eigenvalue weighted by Crippen LogP contribution is 2.24. The van der Waals surface area contributed by atoms with Gasteiger partial charge in [-0.05, 0) is 31.6 Å². The van der Waals surface area contributed by atoms with E-state index in [0.29, 0.717) is 26.1 Å². The standard InChI is InChI=1S/C13H21NO4/c1-9-6-10(13(16)17)8-14(7-9)12(15)11-4-2-3-5-18-11/h9-11H,2-8H2,1H3,(H,16,17). The average molecular weight is 255 g/mol. The van der Waals surface area contributed by atoms with Crippen LogP contribution in [0.5, 0.6) is 0 Å². The van der Waals surface area contributed by atoms with Gasteiger partial charge < -0.3 is 14.7 Å². The molecule has 3 atom stereocenters. The van der Waals surface area contributed by atoms with Crippen LogP contribution in [0.2, 0.25) is 0 Å². The second-order valence-electron chi connectivity index (χ2n) is 5.47. The van der Waals surface area contributed by atoms with E-state index in [9.17, 15) is 9.59 Å². The molecule has 5 heteroatoms. The van der Waals surface area contributed by atoms with Crippen molar-refractivity contribution in [3.8, 4) is 0 Å². The summed E-state index contributed by atoms with van der Waals surface area (Å²) in [5, 5.41) is 9.10. The predicted molar refractivity (Wildman–Crippen MR) is 65.1 cm³/mol. The molecule has 3 unspecified atom stereocenters. The van der Waals surface area contributed by atoms with E-state index in [2.05, 4.69) is 0 Å². The number of amides is 1. The molecule has 0 spiro atoms. The van der Waals surface area contributed by atoms with E-state index >= 15 is 0 Å². The summed E-state index contributed by atoms with van der Waals surface area (Å²) in [6.07, 6.45) is 3.10. The summed E-state index contributed by atoms with van der Waals surface area (Å²) in [5.74, 6) is -1.01. The third-order valence-electron chi connectivity index (χ3n) is 3.78. The first-order valence-electron chi connectivity index (χ1n) is 6.71. The molecule has 0 aromatic heterocycles. The minimum absolute atomic E-state index is 0.0208. The van der Waals surface area contributed by atoms with Crippen LogP contribution in [-0.2, 0) is 14.3 Å². The van der Waals surface area contributed by atoms with Crippen molar-refractivity contribution in [3.63, 3.8) is 0 Å². The molecule has 2 rings (SSSR count). The Morgan fingerprint density at radius 2 is 2.06 bits per heavy atom. The normalized spacial score (nSPS) is 33.2. The van der Waals surface area contributed by atoms with Crippen molar-refractivity contribution in [2.45, 2.75) is 38.7 Å². The first kappa shape index (κ1) is 13.3. The van der Waals surface area contributed by atoms with Gasteiger partial charge in [-0.1, -0.05) is 6.92 Å². The molecule has 1 N–H and O–H groups in total. The number of piperidine rings is 1. The van der Waals surface area contributed by atoms with Gasteiger partial charge in [0.2, 0.25) is 0 Å². The zero-order chi connectivity index (χ0) is 13.1. The molecule has 5 nitrogen and oxygen atoms in total. The second-order valence-corrected chi connectivity index (χ2v) is 5.47. The van der Waals surface area contributed by atoms with E-state index in [1.165, 1.54) is 0 Å². The maximum atomic E-state index is 12.3. The number of ether oxygens (including phenoxy) is 1. The Kier molecular flexibility index (Phi) is 4.22. The van der Waals surface area contributed by atoms with E-state index in [0.717, 1.165) is 19.3 Å². The van der Waals surface area contributed by atoms with Gasteiger partial charge in [0, 0.05) is 19.7 Å². The Bertz CT molecular complexity index is 325. The fourth-order valence-electron chi connectivity index (χ4n) is 2.85. The van der Waals surface area contributed by atoms with Gasteiger partial charge in [-0.15, -0.1) is 0 Å². The van der Waals surface area contributed by atoms with Gasteiger partial charge in [0.25, 0.3) is 5.91 Å². The highest BCUT2D eigenvalue weighted by molar-refractivity contribution is 5.82. The molecule has 102 valence electrons. The van der Waals surface area contributed by atoms with E-state index < -0.39 is 11.9 Å². The van der Waals surface area contributed by atoms with Crippen LogP contribution in [0.1, 0.15) is 32.6 Å². The smallest absolute Gasteiger partial charge is 0.308 e. The largest absolute Gasteiger partial charge is 0.481 e. The van der Waals surface area contributed by atoms with Crippen molar-refractivity contribution in [2.24, 2.45) is 11.8 Å². The summed E-state index contributed by atoms with van der Waals surface area (Å²) < 4.78 is 5.49. The molecule has 0 radical (unpaired) electrons. The molecule has 2 heterocycles. The van der Waals surface area contributed by atoms with Crippen LogP contribution in [0.15, 0.2) is 0 Å². The molecule has 2 fully saturated rings. The first-order chi connectivity index (χ1) is 8.58. The van der Waals surface area contributed by atoms with Crippen LogP contribution >= 0.6 is 0 Å². The minimum atomic E-state index is -0.802. The highest BCUT2D eigenvalue weighted by atomic mass is 16.5. The van der Waals surface area contributed by atoms with E-state index in [4.69, 9.17) is 9.84 Å². The number of carboxylic acid groups (broad SMARTS) is 1. The lowest BCUT2D eigenvalue weighted by atomic mass is 9.90. The van der Waals surface area contributed by atoms with E-state index in [-0.39, 0.29) is 17.9 Å². The van der Waals surface area contributed by atoms with Gasteiger partial charge in [0.1, 0.15) is 6.10 Å². The van der Waals surface area contributed by atoms with Crippen LogP contribution in [-0.4, -0.2) is 47.7 Å². The van der Waals surface area contributed by atoms with E-state index in [1.807, 2.05) is 6.92 Å². The highest BCUT2D eigenvalue weighted by Gasteiger charge is 2.35. The Balaban J connectivity index is 1.98. The number of carboxylic acids is 1. The maximum absolute atomic E-state index is 12.3. The molecule has 18 heavy (non-hydrogen) atoms. The van der Waals surface area contributed by atoms with Gasteiger partial charge in [-0.2, -0.15) is 0 Å². The first-order valence-corrected chi connectivity index (χ1v) is 6.71. The molecule has 0 aliphatic carbocycles. The Labute approximate surface area is 107 Å². The van der Waals surface area contributed by atoms with Crippen molar-refractivity contribution in [1.82, 2.24) is 4.90 Å². The Morgan fingerprint density at radius 3 is 2.67 bits per heavy atom. The van der Waals surface area contributed by atoms with Gasteiger partial charge >= 0.3 is 5.97 Å². The minimum Gasteiger partial charge on any atom is -0.481 e. The number of carbonyl (C=O) groups excluding carboxylic acids is 1. The number of hydrogen-bond donors (Lipinski definition) is 1. The number of hydrogen-bond acceptors (Lipinski definition) is 3. The Morgan fingerprint density at radius 1 is 1.28 bits per heavy atom. The van der Waals surface area contributed by atoms with Crippen molar-refractivity contribution in [1.29, 1.82) is 0 Å². The summed E-state index contributed by atoms with van der Waals surface area (Å²) in [6, 6.07) is 0. The van der Waals surface area contributed by atoms with Crippen LogP contribution in [0.25, 0.3) is 0 Å². The van der Waals surface area contributed by atoms with Crippen LogP contribution in [0.4, 0.5) is 0 Å². The predicted octanol–water partition coefficient (Wildman–Crippen LogP) is 1.12. The maximum Gasteiger partial charge on any atom is 0.308 e. The van der Waals surface area contributed by atoms with Crippen molar-refractivity contribution >= 4 is 11.9 Å². The van der Waals surface area contributed by atoms with Crippen molar-refractivity contribution in [3.05, 3.63) is 0 Å². The number of rotatable bonds is 2.